The molecule has 5 atom stereocenters. The summed E-state index contributed by atoms with van der Waals surface area (Å²) < 4.78 is 46.6. The predicted octanol–water partition coefficient (Wildman–Crippen LogP) is 5.80. The maximum absolute atomic E-state index is 15.0. The lowest BCUT2D eigenvalue weighted by Gasteiger charge is -2.47. The molecule has 1 saturated heterocycles. The van der Waals surface area contributed by atoms with Crippen LogP contribution < -0.4 is 24.8 Å². The average Bonchev–Trinajstić information content (AvgIpc) is 3.98. The van der Waals surface area contributed by atoms with Gasteiger partial charge in [0.1, 0.15) is 40.3 Å². The van der Waals surface area contributed by atoms with Gasteiger partial charge in [0.25, 0.3) is 5.91 Å². The van der Waals surface area contributed by atoms with Gasteiger partial charge in [0.2, 0.25) is 21.8 Å². The molecule has 2 unspecified atom stereocenters. The molecular weight excluding hydrogens is 795 g/mol. The number of cyclic esters (lactones) is 1. The van der Waals surface area contributed by atoms with Crippen LogP contribution in [0.4, 0.5) is 4.79 Å². The fourth-order valence-electron chi connectivity index (χ4n) is 9.19. The van der Waals surface area contributed by atoms with Gasteiger partial charge in [0.15, 0.2) is 0 Å². The molecule has 7 rings (SSSR count). The quantitative estimate of drug-likeness (QED) is 0.194. The first-order chi connectivity index (χ1) is 28.2. The van der Waals surface area contributed by atoms with E-state index >= 15 is 4.79 Å². The average molecular weight is 854 g/mol. The minimum absolute atomic E-state index is 0.0210. The van der Waals surface area contributed by atoms with Gasteiger partial charge in [-0.25, -0.2) is 18.2 Å². The normalized spacial score (nSPS) is 28.0. The van der Waals surface area contributed by atoms with Crippen molar-refractivity contribution in [2.45, 2.75) is 138 Å². The molecule has 14 nitrogen and oxygen atoms in total. The Morgan fingerprint density at radius 3 is 2.51 bits per heavy atom. The molecular formula is C43H59N5O9S2. The zero-order chi connectivity index (χ0) is 42.1. The van der Waals surface area contributed by atoms with E-state index in [1.807, 2.05) is 39.0 Å². The maximum atomic E-state index is 15.0. The Labute approximate surface area is 351 Å². The summed E-state index contributed by atoms with van der Waals surface area (Å²) in [4.78, 5) is 63.6. The number of nitrogens with zero attached hydrogens (tertiary/aromatic N) is 2. The van der Waals surface area contributed by atoms with Gasteiger partial charge >= 0.3 is 6.09 Å². The van der Waals surface area contributed by atoms with Crippen molar-refractivity contribution in [2.24, 2.45) is 17.3 Å². The van der Waals surface area contributed by atoms with E-state index < -0.39 is 68.7 Å². The smallest absolute Gasteiger partial charge is 0.407 e. The van der Waals surface area contributed by atoms with E-state index in [2.05, 4.69) is 21.9 Å². The van der Waals surface area contributed by atoms with E-state index in [9.17, 15) is 22.8 Å². The number of ether oxygens (including phenoxy) is 3. The van der Waals surface area contributed by atoms with Crippen LogP contribution in [0.1, 0.15) is 103 Å². The molecule has 59 heavy (non-hydrogen) atoms. The number of hydrogen-bond donors (Lipinski definition) is 3. The molecule has 3 N–H and O–H groups in total. The van der Waals surface area contributed by atoms with Gasteiger partial charge in [-0.15, -0.1) is 18.3 Å². The second kappa shape index (κ2) is 17.5. The van der Waals surface area contributed by atoms with E-state index in [0.29, 0.717) is 42.7 Å². The molecule has 0 spiro atoms. The van der Waals surface area contributed by atoms with E-state index in [1.165, 1.54) is 4.90 Å². The van der Waals surface area contributed by atoms with E-state index in [-0.39, 0.29) is 37.3 Å². The number of sulfonamides is 1. The molecule has 322 valence electrons. The number of amides is 4. The van der Waals surface area contributed by atoms with Gasteiger partial charge < -0.3 is 29.7 Å². The lowest BCUT2D eigenvalue weighted by atomic mass is 9.66. The number of aromatic nitrogens is 1. The van der Waals surface area contributed by atoms with Crippen molar-refractivity contribution < 1.29 is 41.8 Å². The van der Waals surface area contributed by atoms with Crippen LogP contribution in [0.3, 0.4) is 0 Å². The summed E-state index contributed by atoms with van der Waals surface area (Å²) in [5, 5.41) is 6.76. The molecule has 2 aromatic rings. The largest absolute Gasteiger partial charge is 0.496 e. The molecule has 5 aliphatic rings. The van der Waals surface area contributed by atoms with Gasteiger partial charge in [0, 0.05) is 29.9 Å². The molecule has 2 aliphatic heterocycles. The molecule has 3 heterocycles. The number of pyridine rings is 1. The van der Waals surface area contributed by atoms with Crippen molar-refractivity contribution in [1.29, 1.82) is 0 Å². The first-order valence-electron chi connectivity index (χ1n) is 21.2. The summed E-state index contributed by atoms with van der Waals surface area (Å²) in [6.07, 6.45) is 8.45. The Morgan fingerprint density at radius 1 is 1.08 bits per heavy atom. The van der Waals surface area contributed by atoms with Crippen molar-refractivity contribution in [1.82, 2.24) is 25.2 Å². The number of fused-ring (bicyclic) bond motifs is 3. The van der Waals surface area contributed by atoms with Crippen LogP contribution in [-0.4, -0.2) is 97.1 Å². The van der Waals surface area contributed by atoms with Crippen LogP contribution >= 0.6 is 11.8 Å². The molecule has 4 bridgehead atoms. The van der Waals surface area contributed by atoms with Gasteiger partial charge in [-0.2, -0.15) is 0 Å². The second-order valence-electron chi connectivity index (χ2n) is 17.7. The van der Waals surface area contributed by atoms with Crippen molar-refractivity contribution in [3.63, 3.8) is 0 Å². The molecule has 1 aromatic heterocycles. The third-order valence-corrected chi connectivity index (χ3v) is 15.5. The highest BCUT2D eigenvalue weighted by Crippen LogP contribution is 2.42. The second-order valence-corrected chi connectivity index (χ2v) is 20.9. The number of aryl methyl sites for hydroxylation is 1. The summed E-state index contributed by atoms with van der Waals surface area (Å²) in [7, 11) is -2.28. The van der Waals surface area contributed by atoms with Crippen LogP contribution in [0.2, 0.25) is 0 Å². The summed E-state index contributed by atoms with van der Waals surface area (Å²) in [6, 6.07) is 3.79. The third kappa shape index (κ3) is 9.33. The molecule has 16 heteroatoms. The Hall–Kier alpha value is -4.05. The van der Waals surface area contributed by atoms with E-state index in [1.54, 1.807) is 24.9 Å². The van der Waals surface area contributed by atoms with Gasteiger partial charge in [-0.3, -0.25) is 19.1 Å². The van der Waals surface area contributed by atoms with Crippen molar-refractivity contribution in [3.8, 4) is 11.5 Å². The van der Waals surface area contributed by atoms with Crippen LogP contribution in [0.5, 0.6) is 11.5 Å². The number of hydrogen-bond acceptors (Lipinski definition) is 11. The minimum Gasteiger partial charge on any atom is -0.496 e. The van der Waals surface area contributed by atoms with Gasteiger partial charge in [0.05, 0.1) is 31.0 Å². The van der Waals surface area contributed by atoms with E-state index in [4.69, 9.17) is 19.2 Å². The highest BCUT2D eigenvalue weighted by molar-refractivity contribution is 7.99. The number of nitrogens with one attached hydrogen (secondary N) is 3. The Kier molecular flexibility index (Phi) is 12.8. The zero-order valence-electron chi connectivity index (χ0n) is 34.7. The van der Waals surface area contributed by atoms with Crippen LogP contribution in [-0.2, 0) is 35.6 Å². The molecule has 3 saturated carbocycles. The summed E-state index contributed by atoms with van der Waals surface area (Å²) >= 11 is 1.57. The zero-order valence-corrected chi connectivity index (χ0v) is 36.3. The highest BCUT2D eigenvalue weighted by atomic mass is 32.2. The number of carbonyl (C=O) groups excluding carboxylic acids is 4. The number of benzene rings is 1. The Balaban J connectivity index is 1.28. The van der Waals surface area contributed by atoms with Crippen molar-refractivity contribution >= 4 is 56.5 Å². The molecule has 4 amide bonds. The van der Waals surface area contributed by atoms with Crippen molar-refractivity contribution in [3.05, 3.63) is 36.4 Å². The summed E-state index contributed by atoms with van der Waals surface area (Å²) in [6.45, 7) is 10.2. The summed E-state index contributed by atoms with van der Waals surface area (Å²) in [5.41, 5.74) is -0.271. The highest BCUT2D eigenvalue weighted by Gasteiger charge is 2.56. The van der Waals surface area contributed by atoms with Crippen LogP contribution in [0.25, 0.3) is 10.9 Å². The lowest BCUT2D eigenvalue weighted by Crippen LogP contribution is -2.70. The molecule has 0 radical (unpaired) electrons. The fourth-order valence-corrected chi connectivity index (χ4v) is 11.2. The third-order valence-electron chi connectivity index (χ3n) is 12.9. The number of carbonyl (C=O) groups is 4. The van der Waals surface area contributed by atoms with Crippen LogP contribution in [0, 0.1) is 17.3 Å². The minimum atomic E-state index is -3.92. The molecule has 4 fully saturated rings. The number of alkyl carbamates (subject to hydrolysis) is 1. The SMILES string of the molecule is C=CC1CCC1(NC(=O)[C@@H]1C[C@@H]2CN1C(=O)[C@H](C1CCCCC1)NC(=O)OCC(C)(C)CCCc1cc3c(cc(SCC)nc3cc1OC)O2)C(=O)NS(=O)(=O)C1CC1. The Bertz CT molecular complexity index is 2070. The predicted molar refractivity (Wildman–Crippen MR) is 225 cm³/mol. The standard InChI is InChI=1S/C43H59N5O9S2/c1-6-28-17-19-43(28,40(51)47-59(53,54)30-15-16-30)46-38(49)33-21-29-24-48(33)39(50)37(26-12-9-8-10-13-26)45-41(52)56-25-42(3,4)18-11-14-27-20-31-32(22-34(27)55-5)44-36(58-7-2)23-35(31)57-29/h6,20,22-23,26,28-30,33,37H,1,7-19,21,24-25H2,2-5H3,(H,45,52)(H,46,49)(H,47,51)/t28?,29-,33+,37+,43?/m1/s1. The number of methoxy groups -OCH3 is 1. The van der Waals surface area contributed by atoms with Gasteiger partial charge in [-0.05, 0) is 86.5 Å². The van der Waals surface area contributed by atoms with Crippen LogP contribution in [0.15, 0.2) is 35.9 Å². The number of thioether (sulfide) groups is 1. The van der Waals surface area contributed by atoms with Crippen molar-refractivity contribution in [2.75, 3.05) is 26.0 Å². The topological polar surface area (TPSA) is 182 Å². The maximum Gasteiger partial charge on any atom is 0.407 e. The van der Waals surface area contributed by atoms with Gasteiger partial charge in [-0.1, -0.05) is 46.1 Å². The number of rotatable bonds is 10. The Morgan fingerprint density at radius 2 is 1.85 bits per heavy atom. The first-order valence-corrected chi connectivity index (χ1v) is 23.8. The summed E-state index contributed by atoms with van der Waals surface area (Å²) in [5.74, 6) is -0.515. The monoisotopic (exact) mass is 853 g/mol. The fraction of sp³-hybridized carbons (Fsp3) is 0.651. The van der Waals surface area contributed by atoms with E-state index in [0.717, 1.165) is 66.7 Å². The molecule has 3 aliphatic carbocycles. The lowest BCUT2D eigenvalue weighted by molar-refractivity contribution is -0.145. The molecule has 1 aromatic carbocycles. The first kappa shape index (κ1) is 43.1.